The lowest BCUT2D eigenvalue weighted by molar-refractivity contribution is 0.175. The summed E-state index contributed by atoms with van der Waals surface area (Å²) in [5, 5.41) is 4.46. The average Bonchev–Trinajstić information content (AvgIpc) is 3.90. The number of unbranched alkanes of at least 4 members (excludes halogenated alkanes) is 6. The van der Waals surface area contributed by atoms with Gasteiger partial charge in [-0.3, -0.25) is 0 Å². The van der Waals surface area contributed by atoms with Crippen LogP contribution in [0.2, 0.25) is 0 Å². The molecule has 0 unspecified atom stereocenters. The fourth-order valence-electron chi connectivity index (χ4n) is 6.05. The van der Waals surface area contributed by atoms with Gasteiger partial charge in [0.2, 0.25) is 0 Å². The van der Waals surface area contributed by atoms with Crippen molar-refractivity contribution in [2.75, 3.05) is 26.4 Å². The molecule has 2 aliphatic rings. The second-order valence-corrected chi connectivity index (χ2v) is 16.5. The second kappa shape index (κ2) is 14.6. The van der Waals surface area contributed by atoms with E-state index in [-0.39, 0.29) is 0 Å². The fourth-order valence-corrected chi connectivity index (χ4v) is 11.9. The van der Waals surface area contributed by atoms with Gasteiger partial charge in [0, 0.05) is 9.75 Å². The van der Waals surface area contributed by atoms with Crippen molar-refractivity contribution in [1.82, 2.24) is 0 Å². The lowest BCUT2D eigenvalue weighted by Gasteiger charge is -2.17. The Balaban J connectivity index is 1.21. The smallest absolute Gasteiger partial charge is 0.181 e. The standard InChI is InChI=1S/C36H40O4S5/c1-3-5-7-9-11-23-15-21-41-31(23)35-29-27(37-17-19-39-29)33(44-35)25-13-14-26(43-25)34-28-30(40-20-18-38-28)36(45-34)32-24(16-22-42-32)12-10-8-6-4-2/h13-16,21-22H,3-12,17-20H2,1-2H3. The number of ether oxygens (including phenoxy) is 4. The van der Waals surface area contributed by atoms with Gasteiger partial charge in [0.1, 0.15) is 26.4 Å². The van der Waals surface area contributed by atoms with E-state index in [0.717, 1.165) is 45.6 Å². The normalized spacial score (nSPS) is 13.9. The molecule has 9 heteroatoms. The molecule has 7 heterocycles. The van der Waals surface area contributed by atoms with E-state index in [1.807, 2.05) is 56.7 Å². The molecule has 7 rings (SSSR count). The van der Waals surface area contributed by atoms with Crippen LogP contribution in [0.25, 0.3) is 39.0 Å². The predicted octanol–water partition coefficient (Wildman–Crippen LogP) is 12.5. The van der Waals surface area contributed by atoms with Crippen LogP contribution in [0, 0.1) is 0 Å². The largest absolute Gasteiger partial charge is 0.485 e. The van der Waals surface area contributed by atoms with Crippen LogP contribution < -0.4 is 18.9 Å². The molecule has 45 heavy (non-hydrogen) atoms. The van der Waals surface area contributed by atoms with E-state index in [1.54, 1.807) is 0 Å². The third-order valence-electron chi connectivity index (χ3n) is 8.36. The SMILES string of the molecule is CCCCCCc1ccsc1-c1sc(-c2ccc(-c3sc(-c4sccc4CCCCCC)c4c3OCCO4)s2)c2c1OCCO2. The van der Waals surface area contributed by atoms with Crippen molar-refractivity contribution in [3.8, 4) is 62.0 Å². The summed E-state index contributed by atoms with van der Waals surface area (Å²) in [6, 6.07) is 9.09. The molecular formula is C36H40O4S5. The number of rotatable bonds is 14. The first-order valence-electron chi connectivity index (χ1n) is 16.4. The number of aryl methyl sites for hydroxylation is 2. The van der Waals surface area contributed by atoms with Crippen LogP contribution in [0.4, 0.5) is 0 Å². The van der Waals surface area contributed by atoms with E-state index in [2.05, 4.69) is 48.9 Å². The monoisotopic (exact) mass is 696 g/mol. The molecule has 238 valence electrons. The highest BCUT2D eigenvalue weighted by Crippen LogP contribution is 2.59. The molecule has 0 fully saturated rings. The summed E-state index contributed by atoms with van der Waals surface area (Å²) in [6.07, 6.45) is 12.4. The first kappa shape index (κ1) is 31.3. The van der Waals surface area contributed by atoms with Crippen molar-refractivity contribution in [3.05, 3.63) is 46.2 Å². The van der Waals surface area contributed by atoms with Gasteiger partial charge in [0.15, 0.2) is 23.0 Å². The summed E-state index contributed by atoms with van der Waals surface area (Å²) in [4.78, 5) is 9.84. The van der Waals surface area contributed by atoms with Gasteiger partial charge in [-0.25, -0.2) is 0 Å². The summed E-state index contributed by atoms with van der Waals surface area (Å²) in [7, 11) is 0. The van der Waals surface area contributed by atoms with Crippen LogP contribution >= 0.6 is 56.7 Å². The van der Waals surface area contributed by atoms with E-state index >= 15 is 0 Å². The zero-order valence-electron chi connectivity index (χ0n) is 26.0. The molecular weight excluding hydrogens is 657 g/mol. The minimum absolute atomic E-state index is 0.581. The van der Waals surface area contributed by atoms with Gasteiger partial charge < -0.3 is 18.9 Å². The first-order valence-corrected chi connectivity index (χ1v) is 20.6. The van der Waals surface area contributed by atoms with Crippen LogP contribution in [-0.2, 0) is 12.8 Å². The van der Waals surface area contributed by atoms with Crippen molar-refractivity contribution in [2.45, 2.75) is 78.1 Å². The Labute approximate surface area is 286 Å². The van der Waals surface area contributed by atoms with Crippen LogP contribution in [-0.4, -0.2) is 26.4 Å². The van der Waals surface area contributed by atoms with Gasteiger partial charge in [-0.15, -0.1) is 56.7 Å². The topological polar surface area (TPSA) is 36.9 Å². The van der Waals surface area contributed by atoms with E-state index < -0.39 is 0 Å². The van der Waals surface area contributed by atoms with Crippen LogP contribution in [0.3, 0.4) is 0 Å². The summed E-state index contributed by atoms with van der Waals surface area (Å²) < 4.78 is 25.2. The molecule has 0 saturated carbocycles. The highest BCUT2D eigenvalue weighted by molar-refractivity contribution is 7.30. The Hall–Kier alpha value is -2.30. The maximum Gasteiger partial charge on any atom is 0.181 e. The minimum atomic E-state index is 0.581. The predicted molar refractivity (Wildman–Crippen MR) is 195 cm³/mol. The average molecular weight is 697 g/mol. The number of hydrogen-bond acceptors (Lipinski definition) is 9. The van der Waals surface area contributed by atoms with Gasteiger partial charge >= 0.3 is 0 Å². The maximum atomic E-state index is 6.32. The van der Waals surface area contributed by atoms with Crippen molar-refractivity contribution < 1.29 is 18.9 Å². The molecule has 0 aliphatic carbocycles. The molecule has 4 nitrogen and oxygen atoms in total. The summed E-state index contributed by atoms with van der Waals surface area (Å²) >= 11 is 9.10. The lowest BCUT2D eigenvalue weighted by atomic mass is 10.1. The van der Waals surface area contributed by atoms with E-state index in [9.17, 15) is 0 Å². The third-order valence-corrected chi connectivity index (χ3v) is 14.3. The number of fused-ring (bicyclic) bond motifs is 2. The van der Waals surface area contributed by atoms with E-state index in [4.69, 9.17) is 18.9 Å². The second-order valence-electron chi connectivity index (χ2n) is 11.6. The number of thiophene rings is 5. The van der Waals surface area contributed by atoms with Gasteiger partial charge in [-0.05, 0) is 71.8 Å². The molecule has 0 atom stereocenters. The molecule has 5 aromatic rings. The van der Waals surface area contributed by atoms with Gasteiger partial charge in [-0.2, -0.15) is 0 Å². The maximum absolute atomic E-state index is 6.32. The summed E-state index contributed by atoms with van der Waals surface area (Å²) in [6.45, 7) is 6.88. The Morgan fingerprint density at radius 3 is 1.31 bits per heavy atom. The highest BCUT2D eigenvalue weighted by atomic mass is 32.1. The van der Waals surface area contributed by atoms with Crippen LogP contribution in [0.1, 0.15) is 76.3 Å². The van der Waals surface area contributed by atoms with Crippen LogP contribution in [0.15, 0.2) is 35.0 Å². The molecule has 5 aromatic heterocycles. The Morgan fingerprint density at radius 2 is 0.889 bits per heavy atom. The van der Waals surface area contributed by atoms with Gasteiger partial charge in [0.25, 0.3) is 0 Å². The van der Waals surface area contributed by atoms with Gasteiger partial charge in [-0.1, -0.05) is 52.4 Å². The third kappa shape index (κ3) is 6.48. The quantitative estimate of drug-likeness (QED) is 0.108. The Kier molecular flexibility index (Phi) is 10.2. The Bertz CT molecular complexity index is 1590. The molecule has 0 spiro atoms. The van der Waals surface area contributed by atoms with Crippen molar-refractivity contribution in [3.63, 3.8) is 0 Å². The Morgan fingerprint density at radius 1 is 0.467 bits per heavy atom. The molecule has 0 saturated heterocycles. The first-order chi connectivity index (χ1) is 22.3. The summed E-state index contributed by atoms with van der Waals surface area (Å²) in [5.41, 5.74) is 2.86. The number of hydrogen-bond donors (Lipinski definition) is 0. The lowest BCUT2D eigenvalue weighted by Crippen LogP contribution is -2.14. The summed E-state index contributed by atoms with van der Waals surface area (Å²) in [5.74, 6) is 3.65. The molecule has 0 aromatic carbocycles. The zero-order valence-corrected chi connectivity index (χ0v) is 30.1. The van der Waals surface area contributed by atoms with Crippen LogP contribution in [0.5, 0.6) is 23.0 Å². The van der Waals surface area contributed by atoms with Crippen molar-refractivity contribution in [1.29, 1.82) is 0 Å². The van der Waals surface area contributed by atoms with Crippen molar-refractivity contribution in [2.24, 2.45) is 0 Å². The van der Waals surface area contributed by atoms with E-state index in [1.165, 1.54) is 91.8 Å². The molecule has 0 radical (unpaired) electrons. The van der Waals surface area contributed by atoms with E-state index in [0.29, 0.717) is 26.4 Å². The minimum Gasteiger partial charge on any atom is -0.485 e. The van der Waals surface area contributed by atoms with Crippen molar-refractivity contribution >= 4 is 56.7 Å². The fraction of sp³-hybridized carbons (Fsp3) is 0.444. The molecule has 0 amide bonds. The molecule has 0 N–H and O–H groups in total. The molecule has 2 aliphatic heterocycles. The highest BCUT2D eigenvalue weighted by Gasteiger charge is 2.31. The zero-order chi connectivity index (χ0) is 30.6. The molecule has 0 bridgehead atoms. The van der Waals surface area contributed by atoms with Gasteiger partial charge in [0.05, 0.1) is 29.3 Å².